The van der Waals surface area contributed by atoms with Gasteiger partial charge in [0.05, 0.1) is 15.7 Å². The number of thiazole rings is 1. The molecule has 0 amide bonds. The Bertz CT molecular complexity index is 847. The monoisotopic (exact) mass is 251 g/mol. The van der Waals surface area contributed by atoms with Crippen LogP contribution in [0.3, 0.4) is 0 Å². The summed E-state index contributed by atoms with van der Waals surface area (Å²) in [7, 11) is 0. The molecule has 0 saturated carbocycles. The average molecular weight is 251 g/mol. The standard InChI is InChI=1S/C14H7N2OS/c1-2-4-12-10(3-1)14(16-17-12)9-5-6-13-11(7-9)15-8-18-13/h1,3-8H. The van der Waals surface area contributed by atoms with Gasteiger partial charge in [-0.15, -0.1) is 11.3 Å². The summed E-state index contributed by atoms with van der Waals surface area (Å²) in [6.07, 6.45) is 0. The van der Waals surface area contributed by atoms with Gasteiger partial charge in [0.25, 0.3) is 0 Å². The molecule has 3 nitrogen and oxygen atoms in total. The number of aromatic nitrogens is 2. The Morgan fingerprint density at radius 3 is 3.22 bits per heavy atom. The van der Waals surface area contributed by atoms with Crippen molar-refractivity contribution in [2.75, 3.05) is 0 Å². The van der Waals surface area contributed by atoms with E-state index in [2.05, 4.69) is 28.3 Å². The summed E-state index contributed by atoms with van der Waals surface area (Å²) in [5.41, 5.74) is 5.49. The van der Waals surface area contributed by atoms with Crippen LogP contribution in [0, 0.1) is 6.07 Å². The molecule has 2 heterocycles. The van der Waals surface area contributed by atoms with Crippen molar-refractivity contribution in [2.24, 2.45) is 0 Å². The average Bonchev–Trinajstić information content (AvgIpc) is 3.04. The summed E-state index contributed by atoms with van der Waals surface area (Å²) >= 11 is 1.64. The van der Waals surface area contributed by atoms with Gasteiger partial charge in [-0.2, -0.15) is 0 Å². The molecule has 0 aliphatic heterocycles. The van der Waals surface area contributed by atoms with Crippen molar-refractivity contribution in [1.82, 2.24) is 10.1 Å². The van der Waals surface area contributed by atoms with E-state index in [0.29, 0.717) is 0 Å². The lowest BCUT2D eigenvalue weighted by Gasteiger charge is -1.96. The van der Waals surface area contributed by atoms with Gasteiger partial charge in [-0.3, -0.25) is 0 Å². The molecule has 4 heteroatoms. The maximum atomic E-state index is 5.30. The van der Waals surface area contributed by atoms with Crippen molar-refractivity contribution >= 4 is 32.5 Å². The third-order valence-electron chi connectivity index (χ3n) is 2.92. The lowest BCUT2D eigenvalue weighted by molar-refractivity contribution is 0.459. The highest BCUT2D eigenvalue weighted by Gasteiger charge is 2.10. The highest BCUT2D eigenvalue weighted by Crippen LogP contribution is 2.30. The van der Waals surface area contributed by atoms with E-state index in [9.17, 15) is 0 Å². The van der Waals surface area contributed by atoms with Gasteiger partial charge in [-0.05, 0) is 30.3 Å². The van der Waals surface area contributed by atoms with Gasteiger partial charge in [-0.25, -0.2) is 4.98 Å². The zero-order valence-corrected chi connectivity index (χ0v) is 10.1. The maximum absolute atomic E-state index is 5.30. The predicted octanol–water partition coefficient (Wildman–Crippen LogP) is 3.90. The van der Waals surface area contributed by atoms with Crippen molar-refractivity contribution in [3.8, 4) is 11.3 Å². The highest BCUT2D eigenvalue weighted by molar-refractivity contribution is 7.16. The van der Waals surface area contributed by atoms with Crippen LogP contribution in [0.2, 0.25) is 0 Å². The third kappa shape index (κ3) is 1.36. The minimum atomic E-state index is 0.755. The molecule has 85 valence electrons. The van der Waals surface area contributed by atoms with E-state index in [4.69, 9.17) is 4.52 Å². The van der Waals surface area contributed by atoms with Crippen molar-refractivity contribution in [3.05, 3.63) is 48.0 Å². The molecule has 18 heavy (non-hydrogen) atoms. The van der Waals surface area contributed by atoms with Gasteiger partial charge < -0.3 is 4.52 Å². The summed E-state index contributed by atoms with van der Waals surface area (Å²) in [6, 6.07) is 14.8. The fourth-order valence-corrected chi connectivity index (χ4v) is 2.70. The molecule has 0 aliphatic carbocycles. The van der Waals surface area contributed by atoms with Crippen molar-refractivity contribution in [2.45, 2.75) is 0 Å². The highest BCUT2D eigenvalue weighted by atomic mass is 32.1. The Hall–Kier alpha value is -2.20. The van der Waals surface area contributed by atoms with E-state index in [0.717, 1.165) is 27.7 Å². The normalized spacial score (nSPS) is 11.3. The Kier molecular flexibility index (Phi) is 1.98. The zero-order chi connectivity index (χ0) is 11.9. The van der Waals surface area contributed by atoms with E-state index in [1.807, 2.05) is 23.7 Å². The molecule has 0 N–H and O–H groups in total. The smallest absolute Gasteiger partial charge is 0.168 e. The first kappa shape index (κ1) is 9.79. The molecule has 0 spiro atoms. The van der Waals surface area contributed by atoms with Crippen molar-refractivity contribution in [1.29, 1.82) is 0 Å². The number of rotatable bonds is 1. The molecule has 0 saturated heterocycles. The van der Waals surface area contributed by atoms with Gasteiger partial charge in [0, 0.05) is 10.9 Å². The number of benzene rings is 2. The number of nitrogens with zero attached hydrogens (tertiary/aromatic N) is 2. The van der Waals surface area contributed by atoms with Crippen LogP contribution in [0.15, 0.2) is 46.4 Å². The second kappa shape index (κ2) is 3.65. The summed E-state index contributed by atoms with van der Waals surface area (Å²) in [5.74, 6) is 0. The predicted molar refractivity (Wildman–Crippen MR) is 71.5 cm³/mol. The lowest BCUT2D eigenvalue weighted by Crippen LogP contribution is -1.78. The SMILES string of the molecule is [c]1ccc2c(-c3ccc4scnc4c3)noc2c1. The van der Waals surface area contributed by atoms with Gasteiger partial charge in [0.1, 0.15) is 5.69 Å². The molecular formula is C14H7N2OS. The molecule has 0 aliphatic rings. The first-order valence-electron chi connectivity index (χ1n) is 5.51. The number of fused-ring (bicyclic) bond motifs is 2. The van der Waals surface area contributed by atoms with Crippen molar-refractivity contribution < 1.29 is 4.52 Å². The fraction of sp³-hybridized carbons (Fsp3) is 0. The minimum Gasteiger partial charge on any atom is -0.356 e. The Labute approximate surface area is 107 Å². The minimum absolute atomic E-state index is 0.755. The first-order valence-corrected chi connectivity index (χ1v) is 6.39. The molecule has 0 atom stereocenters. The van der Waals surface area contributed by atoms with E-state index in [1.54, 1.807) is 17.4 Å². The van der Waals surface area contributed by atoms with Crippen LogP contribution < -0.4 is 0 Å². The van der Waals surface area contributed by atoms with Gasteiger partial charge in [-0.1, -0.05) is 17.3 Å². The second-order valence-electron chi connectivity index (χ2n) is 3.99. The third-order valence-corrected chi connectivity index (χ3v) is 3.73. The number of hydrogen-bond donors (Lipinski definition) is 0. The maximum Gasteiger partial charge on any atom is 0.168 e. The van der Waals surface area contributed by atoms with Crippen LogP contribution in [0.5, 0.6) is 0 Å². The Morgan fingerprint density at radius 2 is 2.22 bits per heavy atom. The van der Waals surface area contributed by atoms with E-state index in [-0.39, 0.29) is 0 Å². The molecule has 0 bridgehead atoms. The van der Waals surface area contributed by atoms with Crippen LogP contribution in [0.1, 0.15) is 0 Å². The van der Waals surface area contributed by atoms with E-state index >= 15 is 0 Å². The van der Waals surface area contributed by atoms with Crippen LogP contribution in [-0.4, -0.2) is 10.1 Å². The molecule has 4 aromatic rings. The molecule has 2 aromatic carbocycles. The molecular weight excluding hydrogens is 244 g/mol. The summed E-state index contributed by atoms with van der Waals surface area (Å²) < 4.78 is 6.48. The molecule has 0 unspecified atom stereocenters. The summed E-state index contributed by atoms with van der Waals surface area (Å²) in [5, 5.41) is 5.14. The van der Waals surface area contributed by atoms with Crippen LogP contribution in [-0.2, 0) is 0 Å². The topological polar surface area (TPSA) is 38.9 Å². The largest absolute Gasteiger partial charge is 0.356 e. The van der Waals surface area contributed by atoms with Gasteiger partial charge in [0.2, 0.25) is 0 Å². The van der Waals surface area contributed by atoms with Crippen LogP contribution in [0.4, 0.5) is 0 Å². The van der Waals surface area contributed by atoms with E-state index in [1.165, 1.54) is 4.70 Å². The second-order valence-corrected chi connectivity index (χ2v) is 4.87. The summed E-state index contributed by atoms with van der Waals surface area (Å²) in [6.45, 7) is 0. The molecule has 1 radical (unpaired) electrons. The number of hydrogen-bond acceptors (Lipinski definition) is 4. The molecule has 4 rings (SSSR count). The van der Waals surface area contributed by atoms with Gasteiger partial charge >= 0.3 is 0 Å². The van der Waals surface area contributed by atoms with E-state index < -0.39 is 0 Å². The summed E-state index contributed by atoms with van der Waals surface area (Å²) in [4.78, 5) is 4.32. The quantitative estimate of drug-likeness (QED) is 0.515. The molecule has 2 aromatic heterocycles. The first-order chi connectivity index (χ1) is 8.92. The Morgan fingerprint density at radius 1 is 1.22 bits per heavy atom. The van der Waals surface area contributed by atoms with Gasteiger partial charge in [0.15, 0.2) is 5.58 Å². The van der Waals surface area contributed by atoms with Crippen molar-refractivity contribution in [3.63, 3.8) is 0 Å². The molecule has 0 fully saturated rings. The fourth-order valence-electron chi connectivity index (χ4n) is 2.04. The van der Waals surface area contributed by atoms with Crippen LogP contribution in [0.25, 0.3) is 32.4 Å². The lowest BCUT2D eigenvalue weighted by atomic mass is 10.1. The van der Waals surface area contributed by atoms with Crippen LogP contribution >= 0.6 is 11.3 Å². The zero-order valence-electron chi connectivity index (χ0n) is 9.25. The Balaban J connectivity index is 2.00.